The second-order valence-corrected chi connectivity index (χ2v) is 6.46. The van der Waals surface area contributed by atoms with Crippen LogP contribution in [0.4, 0.5) is 0 Å². The molecule has 2 heterocycles. The number of benzene rings is 1. The zero-order valence-corrected chi connectivity index (χ0v) is 12.9. The fourth-order valence-corrected chi connectivity index (χ4v) is 3.93. The lowest BCUT2D eigenvalue weighted by atomic mass is 9.89. The van der Waals surface area contributed by atoms with Gasteiger partial charge in [0.05, 0.1) is 6.04 Å². The molecule has 0 bridgehead atoms. The van der Waals surface area contributed by atoms with E-state index >= 15 is 0 Å². The van der Waals surface area contributed by atoms with E-state index in [4.69, 9.17) is 5.10 Å². The fraction of sp³-hybridized carbons (Fsp3) is 0.588. The van der Waals surface area contributed by atoms with Crippen molar-refractivity contribution in [2.75, 3.05) is 13.1 Å². The molecule has 0 radical (unpaired) electrons. The van der Waals surface area contributed by atoms with Gasteiger partial charge in [-0.25, -0.2) is 0 Å². The van der Waals surface area contributed by atoms with Gasteiger partial charge >= 0.3 is 0 Å². The zero-order valence-electron chi connectivity index (χ0n) is 12.9. The number of hydrogen-bond donors (Lipinski definition) is 0. The summed E-state index contributed by atoms with van der Waals surface area (Å²) in [6.07, 6.45) is 7.72. The Kier molecular flexibility index (Phi) is 3.89. The summed E-state index contributed by atoms with van der Waals surface area (Å²) in [4.78, 5) is 4.54. The van der Waals surface area contributed by atoms with Crippen LogP contribution >= 0.6 is 0 Å². The number of likely N-dealkylation sites (tertiary alicyclic amines) is 1. The molecule has 0 amide bonds. The molecule has 2 atom stereocenters. The molecule has 1 saturated carbocycles. The van der Waals surface area contributed by atoms with Crippen molar-refractivity contribution in [1.29, 1.82) is 0 Å². The van der Waals surface area contributed by atoms with Crippen molar-refractivity contribution >= 4 is 0 Å². The Hall–Kier alpha value is -1.75. The number of aromatic nitrogens is 4. The average Bonchev–Trinajstić information content (AvgIpc) is 3.28. The largest absolute Gasteiger partial charge is 0.298 e. The highest BCUT2D eigenvalue weighted by Gasteiger charge is 2.34. The summed E-state index contributed by atoms with van der Waals surface area (Å²) in [5.74, 6) is 0.742. The molecule has 1 aromatic heterocycles. The van der Waals surface area contributed by atoms with Gasteiger partial charge in [0, 0.05) is 11.6 Å². The smallest absolute Gasteiger partial charge is 0.204 e. The van der Waals surface area contributed by atoms with Crippen LogP contribution in [0.2, 0.25) is 0 Å². The Bertz CT molecular complexity index is 603. The van der Waals surface area contributed by atoms with Crippen LogP contribution in [0, 0.1) is 0 Å². The third kappa shape index (κ3) is 2.65. The van der Waals surface area contributed by atoms with Crippen molar-refractivity contribution in [2.45, 2.75) is 50.6 Å². The van der Waals surface area contributed by atoms with Crippen molar-refractivity contribution in [3.05, 3.63) is 30.3 Å². The Balaban J connectivity index is 1.58. The van der Waals surface area contributed by atoms with E-state index in [1.54, 1.807) is 0 Å². The Labute approximate surface area is 131 Å². The first-order valence-corrected chi connectivity index (χ1v) is 8.51. The third-order valence-electron chi connectivity index (χ3n) is 5.06. The lowest BCUT2D eigenvalue weighted by Crippen LogP contribution is -2.42. The Morgan fingerprint density at radius 3 is 2.36 bits per heavy atom. The standard InChI is InChI=1S/C17H23N5/c1-2-8-14(9-3-1)17-18-20-22(19-17)16-11-5-4-10-15(16)21-12-6-7-13-21/h1-3,8-9,15-16H,4-7,10-13H2/t15-,16-/m1/s1. The predicted octanol–water partition coefficient (Wildman–Crippen LogP) is 2.92. The molecule has 0 spiro atoms. The summed E-state index contributed by atoms with van der Waals surface area (Å²) in [6, 6.07) is 11.1. The molecule has 5 heteroatoms. The minimum absolute atomic E-state index is 0.386. The van der Waals surface area contributed by atoms with E-state index in [0.29, 0.717) is 12.1 Å². The van der Waals surface area contributed by atoms with Crippen molar-refractivity contribution < 1.29 is 0 Å². The van der Waals surface area contributed by atoms with E-state index in [-0.39, 0.29) is 0 Å². The number of rotatable bonds is 3. The molecule has 0 unspecified atom stereocenters. The fourth-order valence-electron chi connectivity index (χ4n) is 3.93. The van der Waals surface area contributed by atoms with Gasteiger partial charge in [-0.05, 0) is 44.0 Å². The van der Waals surface area contributed by atoms with Gasteiger partial charge in [0.2, 0.25) is 5.82 Å². The van der Waals surface area contributed by atoms with E-state index in [2.05, 4.69) is 15.2 Å². The van der Waals surface area contributed by atoms with Crippen molar-refractivity contribution in [1.82, 2.24) is 25.1 Å². The molecule has 4 rings (SSSR count). The van der Waals surface area contributed by atoms with E-state index in [0.717, 1.165) is 11.4 Å². The molecular weight excluding hydrogens is 274 g/mol. The van der Waals surface area contributed by atoms with Crippen LogP contribution in [0.1, 0.15) is 44.6 Å². The summed E-state index contributed by atoms with van der Waals surface area (Å²) in [5, 5.41) is 13.4. The molecule has 116 valence electrons. The van der Waals surface area contributed by atoms with E-state index < -0.39 is 0 Å². The summed E-state index contributed by atoms with van der Waals surface area (Å²) >= 11 is 0. The number of tetrazole rings is 1. The molecule has 2 fully saturated rings. The van der Waals surface area contributed by atoms with Gasteiger partial charge < -0.3 is 0 Å². The molecule has 2 aromatic rings. The highest BCUT2D eigenvalue weighted by atomic mass is 15.6. The number of nitrogens with zero attached hydrogens (tertiary/aromatic N) is 5. The molecule has 0 N–H and O–H groups in total. The van der Waals surface area contributed by atoms with E-state index in [1.807, 2.05) is 35.1 Å². The van der Waals surface area contributed by atoms with Crippen LogP contribution in [0.15, 0.2) is 30.3 Å². The topological polar surface area (TPSA) is 46.8 Å². The Morgan fingerprint density at radius 1 is 0.864 bits per heavy atom. The van der Waals surface area contributed by atoms with E-state index in [9.17, 15) is 0 Å². The quantitative estimate of drug-likeness (QED) is 0.874. The van der Waals surface area contributed by atoms with Gasteiger partial charge in [-0.1, -0.05) is 43.2 Å². The van der Waals surface area contributed by atoms with Gasteiger partial charge in [-0.3, -0.25) is 4.90 Å². The Morgan fingerprint density at radius 2 is 1.59 bits per heavy atom. The minimum atomic E-state index is 0.386. The van der Waals surface area contributed by atoms with Gasteiger partial charge in [0.25, 0.3) is 0 Å². The molecule has 1 aliphatic carbocycles. The summed E-state index contributed by atoms with van der Waals surface area (Å²) < 4.78 is 0. The molecule has 1 aliphatic heterocycles. The van der Waals surface area contributed by atoms with Crippen molar-refractivity contribution in [3.63, 3.8) is 0 Å². The summed E-state index contributed by atoms with van der Waals surface area (Å²) in [7, 11) is 0. The van der Waals surface area contributed by atoms with Crippen LogP contribution in [0.25, 0.3) is 11.4 Å². The second kappa shape index (κ2) is 6.16. The van der Waals surface area contributed by atoms with Crippen LogP contribution in [-0.2, 0) is 0 Å². The van der Waals surface area contributed by atoms with Crippen molar-refractivity contribution in [2.24, 2.45) is 0 Å². The monoisotopic (exact) mass is 297 g/mol. The first-order valence-electron chi connectivity index (χ1n) is 8.51. The SMILES string of the molecule is c1ccc(-c2nnn([C@@H]3CCCC[C@H]3N3CCCC3)n2)cc1. The molecule has 1 saturated heterocycles. The maximum absolute atomic E-state index is 4.69. The summed E-state index contributed by atoms with van der Waals surface area (Å²) in [6.45, 7) is 2.48. The molecule has 1 aromatic carbocycles. The highest BCUT2D eigenvalue weighted by molar-refractivity contribution is 5.52. The minimum Gasteiger partial charge on any atom is -0.298 e. The van der Waals surface area contributed by atoms with Crippen LogP contribution in [-0.4, -0.2) is 44.2 Å². The molecular formula is C17H23N5. The van der Waals surface area contributed by atoms with E-state index in [1.165, 1.54) is 51.6 Å². The normalized spacial score (nSPS) is 26.4. The third-order valence-corrected chi connectivity index (χ3v) is 5.06. The second-order valence-electron chi connectivity index (χ2n) is 6.46. The van der Waals surface area contributed by atoms with Crippen LogP contribution < -0.4 is 0 Å². The molecule has 5 nitrogen and oxygen atoms in total. The van der Waals surface area contributed by atoms with Crippen LogP contribution in [0.5, 0.6) is 0 Å². The van der Waals surface area contributed by atoms with Gasteiger partial charge in [0.1, 0.15) is 0 Å². The highest BCUT2D eigenvalue weighted by Crippen LogP contribution is 2.33. The average molecular weight is 297 g/mol. The molecule has 2 aliphatic rings. The molecule has 22 heavy (non-hydrogen) atoms. The number of hydrogen-bond acceptors (Lipinski definition) is 4. The summed E-state index contributed by atoms with van der Waals surface area (Å²) in [5.41, 5.74) is 1.04. The zero-order chi connectivity index (χ0) is 14.8. The maximum atomic E-state index is 4.69. The maximum Gasteiger partial charge on any atom is 0.204 e. The van der Waals surface area contributed by atoms with Crippen molar-refractivity contribution in [3.8, 4) is 11.4 Å². The van der Waals surface area contributed by atoms with Gasteiger partial charge in [-0.2, -0.15) is 4.80 Å². The van der Waals surface area contributed by atoms with Crippen LogP contribution in [0.3, 0.4) is 0 Å². The lowest BCUT2D eigenvalue weighted by molar-refractivity contribution is 0.115. The lowest BCUT2D eigenvalue weighted by Gasteiger charge is -2.36. The van der Waals surface area contributed by atoms with Gasteiger partial charge in [0.15, 0.2) is 0 Å². The first-order chi connectivity index (χ1) is 10.9. The predicted molar refractivity (Wildman–Crippen MR) is 85.4 cm³/mol. The first kappa shape index (κ1) is 13.9. The van der Waals surface area contributed by atoms with Gasteiger partial charge in [-0.15, -0.1) is 10.2 Å².